The summed E-state index contributed by atoms with van der Waals surface area (Å²) in [5.41, 5.74) is 1.36. The van der Waals surface area contributed by atoms with E-state index in [1.54, 1.807) is 17.3 Å². The van der Waals surface area contributed by atoms with Crippen molar-refractivity contribution in [2.45, 2.75) is 24.0 Å². The minimum Gasteiger partial charge on any atom is -0.337 e. The molecule has 1 aromatic carbocycles. The van der Waals surface area contributed by atoms with Crippen molar-refractivity contribution in [1.29, 1.82) is 0 Å². The number of rotatable bonds is 4. The number of nitrogens with zero attached hydrogens (tertiary/aromatic N) is 5. The summed E-state index contributed by atoms with van der Waals surface area (Å²) in [4.78, 5) is 27.5. The first-order valence-corrected chi connectivity index (χ1v) is 9.55. The molecule has 3 heterocycles. The maximum Gasteiger partial charge on any atom is 0.257 e. The van der Waals surface area contributed by atoms with E-state index in [1.165, 1.54) is 11.8 Å². The molecular weight excluding hydrogens is 350 g/mol. The third kappa shape index (κ3) is 3.20. The van der Waals surface area contributed by atoms with Crippen LogP contribution in [0.1, 0.15) is 35.1 Å². The van der Waals surface area contributed by atoms with Crippen molar-refractivity contribution < 1.29 is 9.32 Å². The molecule has 1 saturated heterocycles. The normalized spacial score (nSPS) is 16.8. The number of aromatic nitrogens is 4. The van der Waals surface area contributed by atoms with Crippen LogP contribution in [0.15, 0.2) is 52.4 Å². The number of carbonyl (C=O) groups excluding carboxylic acids is 1. The first kappa shape index (κ1) is 16.7. The van der Waals surface area contributed by atoms with Crippen molar-refractivity contribution in [3.63, 3.8) is 0 Å². The Labute approximate surface area is 154 Å². The molecule has 7 nitrogen and oxygen atoms in total. The Morgan fingerprint density at radius 2 is 2.00 bits per heavy atom. The molecule has 0 spiro atoms. The Balaban J connectivity index is 1.56. The molecule has 1 fully saturated rings. The highest BCUT2D eigenvalue weighted by atomic mass is 32.2. The lowest BCUT2D eigenvalue weighted by Gasteiger charge is -2.21. The van der Waals surface area contributed by atoms with Gasteiger partial charge < -0.3 is 9.42 Å². The second-order valence-electron chi connectivity index (χ2n) is 5.94. The Morgan fingerprint density at radius 3 is 2.73 bits per heavy atom. The standard InChI is InChI=1S/C18H17N5O2S/c1-26-18-19-10-13(11-20-18)17(24)23-9-5-8-14(23)16-21-15(22-25-16)12-6-3-2-4-7-12/h2-4,6-7,10-11,14H,5,8-9H2,1H3/t14-/m1/s1. The van der Waals surface area contributed by atoms with Gasteiger partial charge in [0.1, 0.15) is 6.04 Å². The molecule has 0 radical (unpaired) electrons. The topological polar surface area (TPSA) is 85.0 Å². The SMILES string of the molecule is CSc1ncc(C(=O)N2CCC[C@@H]2c2nc(-c3ccccc3)no2)cn1. The smallest absolute Gasteiger partial charge is 0.257 e. The van der Waals surface area contributed by atoms with E-state index >= 15 is 0 Å². The van der Waals surface area contributed by atoms with Crippen LogP contribution in [0.4, 0.5) is 0 Å². The summed E-state index contributed by atoms with van der Waals surface area (Å²) < 4.78 is 5.47. The van der Waals surface area contributed by atoms with Gasteiger partial charge in [0.15, 0.2) is 5.16 Å². The van der Waals surface area contributed by atoms with Crippen molar-refractivity contribution in [3.05, 3.63) is 54.2 Å². The maximum absolute atomic E-state index is 12.9. The average molecular weight is 367 g/mol. The van der Waals surface area contributed by atoms with Crippen molar-refractivity contribution in [3.8, 4) is 11.4 Å². The van der Waals surface area contributed by atoms with Gasteiger partial charge in [-0.05, 0) is 19.1 Å². The van der Waals surface area contributed by atoms with Crippen LogP contribution in [0, 0.1) is 0 Å². The number of hydrogen-bond acceptors (Lipinski definition) is 7. The van der Waals surface area contributed by atoms with Crippen LogP contribution in [-0.4, -0.2) is 43.7 Å². The van der Waals surface area contributed by atoms with Gasteiger partial charge in [-0.1, -0.05) is 47.3 Å². The fourth-order valence-corrected chi connectivity index (χ4v) is 3.36. The molecule has 0 unspecified atom stereocenters. The predicted molar refractivity (Wildman–Crippen MR) is 96.6 cm³/mol. The van der Waals surface area contributed by atoms with E-state index in [0.717, 1.165) is 18.4 Å². The van der Waals surface area contributed by atoms with Gasteiger partial charge in [0.25, 0.3) is 5.91 Å². The molecule has 3 aromatic rings. The van der Waals surface area contributed by atoms with Crippen molar-refractivity contribution >= 4 is 17.7 Å². The Kier molecular flexibility index (Phi) is 4.66. The van der Waals surface area contributed by atoms with E-state index in [9.17, 15) is 4.79 Å². The lowest BCUT2D eigenvalue weighted by atomic mass is 10.2. The summed E-state index contributed by atoms with van der Waals surface area (Å²) in [7, 11) is 0. The fraction of sp³-hybridized carbons (Fsp3) is 0.278. The number of likely N-dealkylation sites (tertiary alicyclic amines) is 1. The van der Waals surface area contributed by atoms with E-state index < -0.39 is 0 Å². The van der Waals surface area contributed by atoms with E-state index in [0.29, 0.717) is 29.0 Å². The number of carbonyl (C=O) groups is 1. The quantitative estimate of drug-likeness (QED) is 0.517. The fourth-order valence-electron chi connectivity index (χ4n) is 3.04. The van der Waals surface area contributed by atoms with Crippen molar-refractivity contribution in [2.24, 2.45) is 0 Å². The van der Waals surface area contributed by atoms with Crippen molar-refractivity contribution in [2.75, 3.05) is 12.8 Å². The van der Waals surface area contributed by atoms with E-state index in [4.69, 9.17) is 4.52 Å². The molecule has 0 bridgehead atoms. The van der Waals surface area contributed by atoms with E-state index in [1.807, 2.05) is 36.6 Å². The van der Waals surface area contributed by atoms with Crippen LogP contribution in [0.3, 0.4) is 0 Å². The van der Waals surface area contributed by atoms with Gasteiger partial charge in [-0.25, -0.2) is 9.97 Å². The zero-order valence-electron chi connectivity index (χ0n) is 14.2. The molecule has 0 saturated carbocycles. The zero-order chi connectivity index (χ0) is 17.9. The lowest BCUT2D eigenvalue weighted by molar-refractivity contribution is 0.0709. The minimum absolute atomic E-state index is 0.111. The number of benzene rings is 1. The highest BCUT2D eigenvalue weighted by Crippen LogP contribution is 2.33. The van der Waals surface area contributed by atoms with E-state index in [2.05, 4.69) is 20.1 Å². The molecule has 1 aliphatic rings. The van der Waals surface area contributed by atoms with Gasteiger partial charge in [-0.15, -0.1) is 0 Å². The first-order valence-electron chi connectivity index (χ1n) is 8.32. The lowest BCUT2D eigenvalue weighted by Crippen LogP contribution is -2.31. The Bertz CT molecular complexity index is 897. The summed E-state index contributed by atoms with van der Waals surface area (Å²) in [6, 6.07) is 9.43. The molecule has 132 valence electrons. The van der Waals surface area contributed by atoms with Crippen LogP contribution >= 0.6 is 11.8 Å². The molecular formula is C18H17N5O2S. The molecule has 1 aliphatic heterocycles. The summed E-state index contributed by atoms with van der Waals surface area (Å²) in [6.07, 6.45) is 6.72. The molecule has 4 rings (SSSR count). The number of hydrogen-bond donors (Lipinski definition) is 0. The zero-order valence-corrected chi connectivity index (χ0v) is 15.0. The third-order valence-corrected chi connectivity index (χ3v) is 4.91. The molecule has 1 amide bonds. The largest absolute Gasteiger partial charge is 0.337 e. The number of amides is 1. The summed E-state index contributed by atoms with van der Waals surface area (Å²) in [5.74, 6) is 0.892. The van der Waals surface area contributed by atoms with E-state index in [-0.39, 0.29) is 11.9 Å². The second kappa shape index (κ2) is 7.25. The molecule has 0 aliphatic carbocycles. The summed E-state index contributed by atoms with van der Waals surface area (Å²) in [6.45, 7) is 0.650. The maximum atomic E-state index is 12.9. The number of thioether (sulfide) groups is 1. The van der Waals surface area contributed by atoms with Crippen LogP contribution in [-0.2, 0) is 0 Å². The van der Waals surface area contributed by atoms with Crippen molar-refractivity contribution in [1.82, 2.24) is 25.0 Å². The van der Waals surface area contributed by atoms with Crippen LogP contribution in [0.2, 0.25) is 0 Å². The molecule has 2 aromatic heterocycles. The monoisotopic (exact) mass is 367 g/mol. The summed E-state index contributed by atoms with van der Waals surface area (Å²) in [5, 5.41) is 4.71. The molecule has 8 heteroatoms. The highest BCUT2D eigenvalue weighted by molar-refractivity contribution is 7.98. The van der Waals surface area contributed by atoms with Crippen LogP contribution in [0.5, 0.6) is 0 Å². The minimum atomic E-state index is -0.215. The first-order chi connectivity index (χ1) is 12.8. The Morgan fingerprint density at radius 1 is 1.23 bits per heavy atom. The third-order valence-electron chi connectivity index (χ3n) is 4.33. The molecule has 26 heavy (non-hydrogen) atoms. The molecule has 0 N–H and O–H groups in total. The van der Waals surface area contributed by atoms with Gasteiger partial charge in [-0.3, -0.25) is 4.79 Å². The van der Waals surface area contributed by atoms with Gasteiger partial charge in [0.2, 0.25) is 11.7 Å². The van der Waals surface area contributed by atoms with Gasteiger partial charge in [0.05, 0.1) is 5.56 Å². The Hall–Kier alpha value is -2.74. The van der Waals surface area contributed by atoms with Gasteiger partial charge in [-0.2, -0.15) is 4.98 Å². The second-order valence-corrected chi connectivity index (χ2v) is 6.71. The predicted octanol–water partition coefficient (Wildman–Crippen LogP) is 3.23. The van der Waals surface area contributed by atoms with Crippen LogP contribution in [0.25, 0.3) is 11.4 Å². The van der Waals surface area contributed by atoms with Gasteiger partial charge in [0, 0.05) is 24.5 Å². The average Bonchev–Trinajstić information content (AvgIpc) is 3.37. The summed E-state index contributed by atoms with van der Waals surface area (Å²) >= 11 is 1.44. The van der Waals surface area contributed by atoms with Gasteiger partial charge >= 0.3 is 0 Å². The van der Waals surface area contributed by atoms with Crippen LogP contribution < -0.4 is 0 Å². The molecule has 1 atom stereocenters. The highest BCUT2D eigenvalue weighted by Gasteiger charge is 2.34.